The van der Waals surface area contributed by atoms with Gasteiger partial charge < -0.3 is 16.2 Å². The highest BCUT2D eigenvalue weighted by molar-refractivity contribution is 5.76. The van der Waals surface area contributed by atoms with Gasteiger partial charge in [-0.1, -0.05) is 31.2 Å². The Morgan fingerprint density at radius 2 is 1.76 bits per heavy atom. The molecular formula is C17H20N2O2. The minimum absolute atomic E-state index is 0.174. The molecule has 1 atom stereocenters. The highest BCUT2D eigenvalue weighted by Gasteiger charge is 2.09. The van der Waals surface area contributed by atoms with Gasteiger partial charge in [0.15, 0.2) is 0 Å². The van der Waals surface area contributed by atoms with Crippen molar-refractivity contribution in [2.24, 2.45) is 5.73 Å². The Labute approximate surface area is 124 Å². The van der Waals surface area contributed by atoms with Crippen LogP contribution in [0.25, 0.3) is 0 Å². The maximum Gasteiger partial charge on any atom is 0.221 e. The number of carbonyl (C=O) groups excluding carboxylic acids is 1. The lowest BCUT2D eigenvalue weighted by molar-refractivity contribution is -0.117. The molecule has 4 nitrogen and oxygen atoms in total. The van der Waals surface area contributed by atoms with Gasteiger partial charge in [0.1, 0.15) is 5.75 Å². The highest BCUT2D eigenvalue weighted by Crippen LogP contribution is 2.24. The molecule has 0 aliphatic carbocycles. The van der Waals surface area contributed by atoms with Crippen LogP contribution in [-0.4, -0.2) is 11.0 Å². The van der Waals surface area contributed by atoms with Crippen molar-refractivity contribution in [1.29, 1.82) is 0 Å². The fourth-order valence-corrected chi connectivity index (χ4v) is 2.25. The van der Waals surface area contributed by atoms with E-state index in [1.807, 2.05) is 36.4 Å². The molecule has 1 unspecified atom stereocenters. The van der Waals surface area contributed by atoms with E-state index in [2.05, 4.69) is 12.2 Å². The summed E-state index contributed by atoms with van der Waals surface area (Å²) in [4.78, 5) is 10.9. The van der Waals surface area contributed by atoms with Gasteiger partial charge in [-0.3, -0.25) is 4.79 Å². The second kappa shape index (κ2) is 6.79. The summed E-state index contributed by atoms with van der Waals surface area (Å²) in [7, 11) is 0. The molecule has 4 N–H and O–H groups in total. The van der Waals surface area contributed by atoms with E-state index >= 15 is 0 Å². The van der Waals surface area contributed by atoms with Crippen LogP contribution < -0.4 is 11.1 Å². The van der Waals surface area contributed by atoms with Crippen LogP contribution >= 0.6 is 0 Å². The summed E-state index contributed by atoms with van der Waals surface area (Å²) in [5, 5.41) is 12.8. The van der Waals surface area contributed by atoms with E-state index in [-0.39, 0.29) is 24.1 Å². The predicted molar refractivity (Wildman–Crippen MR) is 84.1 cm³/mol. The molecule has 21 heavy (non-hydrogen) atoms. The van der Waals surface area contributed by atoms with Gasteiger partial charge in [-0.2, -0.15) is 0 Å². The maximum atomic E-state index is 10.9. The highest BCUT2D eigenvalue weighted by atomic mass is 16.3. The van der Waals surface area contributed by atoms with Crippen LogP contribution in [0.15, 0.2) is 48.5 Å². The number of phenols is 1. The zero-order valence-corrected chi connectivity index (χ0v) is 12.0. The molecule has 0 saturated carbocycles. The van der Waals surface area contributed by atoms with Crippen molar-refractivity contribution in [3.05, 3.63) is 59.7 Å². The molecule has 2 aromatic rings. The summed E-state index contributed by atoms with van der Waals surface area (Å²) in [6, 6.07) is 15.1. The van der Waals surface area contributed by atoms with Gasteiger partial charge in [0, 0.05) is 5.69 Å². The smallest absolute Gasteiger partial charge is 0.221 e. The monoisotopic (exact) mass is 284 g/mol. The normalized spacial score (nSPS) is 11.9. The van der Waals surface area contributed by atoms with Crippen molar-refractivity contribution >= 4 is 11.6 Å². The number of rotatable bonds is 6. The van der Waals surface area contributed by atoms with Crippen molar-refractivity contribution in [3.63, 3.8) is 0 Å². The zero-order valence-electron chi connectivity index (χ0n) is 12.0. The molecule has 2 aromatic carbocycles. The third kappa shape index (κ3) is 4.24. The van der Waals surface area contributed by atoms with Gasteiger partial charge in [-0.05, 0) is 41.8 Å². The third-order valence-electron chi connectivity index (χ3n) is 3.38. The lowest BCUT2D eigenvalue weighted by Gasteiger charge is -2.19. The molecule has 0 saturated heterocycles. The Bertz CT molecular complexity index is 591. The molecular weight excluding hydrogens is 264 g/mol. The summed E-state index contributed by atoms with van der Waals surface area (Å²) in [6.45, 7) is 2.10. The number of phenolic OH excluding ortho intramolecular Hbond substituents is 1. The van der Waals surface area contributed by atoms with Gasteiger partial charge in [-0.25, -0.2) is 0 Å². The first kappa shape index (κ1) is 14.9. The average Bonchev–Trinajstić information content (AvgIpc) is 2.47. The maximum absolute atomic E-state index is 10.9. The van der Waals surface area contributed by atoms with Crippen molar-refractivity contribution < 1.29 is 9.90 Å². The number of carbonyl (C=O) groups is 1. The minimum Gasteiger partial charge on any atom is -0.508 e. The Hall–Kier alpha value is -2.49. The second-order valence-corrected chi connectivity index (χ2v) is 5.04. The molecule has 110 valence electrons. The van der Waals surface area contributed by atoms with Crippen LogP contribution in [0, 0.1) is 0 Å². The number of anilines is 1. The van der Waals surface area contributed by atoms with E-state index in [0.717, 1.165) is 23.2 Å². The SMILES string of the molecule is CCC(Nc1ccc(CC(N)=O)cc1)c1ccc(O)cc1. The molecule has 0 aliphatic heterocycles. The number of primary amides is 1. The molecule has 2 rings (SSSR count). The van der Waals surface area contributed by atoms with Crippen molar-refractivity contribution in [2.75, 3.05) is 5.32 Å². The van der Waals surface area contributed by atoms with Crippen LogP contribution in [-0.2, 0) is 11.2 Å². The Morgan fingerprint density at radius 3 is 2.29 bits per heavy atom. The van der Waals surface area contributed by atoms with Crippen LogP contribution in [0.4, 0.5) is 5.69 Å². The third-order valence-corrected chi connectivity index (χ3v) is 3.38. The molecule has 0 aliphatic rings. The predicted octanol–water partition coefficient (Wildman–Crippen LogP) is 2.98. The molecule has 0 radical (unpaired) electrons. The van der Waals surface area contributed by atoms with Gasteiger partial charge in [0.25, 0.3) is 0 Å². The first-order valence-electron chi connectivity index (χ1n) is 7.01. The van der Waals surface area contributed by atoms with Gasteiger partial charge >= 0.3 is 0 Å². The lowest BCUT2D eigenvalue weighted by atomic mass is 10.0. The number of hydrogen-bond acceptors (Lipinski definition) is 3. The Balaban J connectivity index is 2.07. The Morgan fingerprint density at radius 1 is 1.14 bits per heavy atom. The van der Waals surface area contributed by atoms with Crippen molar-refractivity contribution in [3.8, 4) is 5.75 Å². The van der Waals surface area contributed by atoms with E-state index in [4.69, 9.17) is 5.73 Å². The van der Waals surface area contributed by atoms with Crippen LogP contribution in [0.2, 0.25) is 0 Å². The quantitative estimate of drug-likeness (QED) is 0.763. The van der Waals surface area contributed by atoms with Crippen LogP contribution in [0.5, 0.6) is 5.75 Å². The molecule has 0 aromatic heterocycles. The number of aromatic hydroxyl groups is 1. The van der Waals surface area contributed by atoms with Gasteiger partial charge in [-0.15, -0.1) is 0 Å². The van der Waals surface area contributed by atoms with E-state index < -0.39 is 0 Å². The second-order valence-electron chi connectivity index (χ2n) is 5.04. The molecule has 1 amide bonds. The molecule has 4 heteroatoms. The number of nitrogens with two attached hydrogens (primary N) is 1. The first-order chi connectivity index (χ1) is 10.1. The van der Waals surface area contributed by atoms with E-state index in [0.29, 0.717) is 0 Å². The molecule has 0 heterocycles. The van der Waals surface area contributed by atoms with Gasteiger partial charge in [0.05, 0.1) is 12.5 Å². The zero-order chi connectivity index (χ0) is 15.2. The molecule has 0 fully saturated rings. The topological polar surface area (TPSA) is 75.3 Å². The summed E-state index contributed by atoms with van der Waals surface area (Å²) < 4.78 is 0. The minimum atomic E-state index is -0.328. The standard InChI is InChI=1S/C17H20N2O2/c1-2-16(13-5-9-15(20)10-6-13)19-14-7-3-12(4-8-14)11-17(18)21/h3-10,16,19-20H,2,11H2,1H3,(H2,18,21). The van der Waals surface area contributed by atoms with E-state index in [1.165, 1.54) is 0 Å². The van der Waals surface area contributed by atoms with Gasteiger partial charge in [0.2, 0.25) is 5.91 Å². The van der Waals surface area contributed by atoms with E-state index in [1.54, 1.807) is 12.1 Å². The summed E-state index contributed by atoms with van der Waals surface area (Å²) in [5.74, 6) is -0.0596. The number of benzene rings is 2. The van der Waals surface area contributed by atoms with E-state index in [9.17, 15) is 9.90 Å². The largest absolute Gasteiger partial charge is 0.508 e. The average molecular weight is 284 g/mol. The Kier molecular flexibility index (Phi) is 4.82. The summed E-state index contributed by atoms with van der Waals surface area (Å²) >= 11 is 0. The van der Waals surface area contributed by atoms with Crippen molar-refractivity contribution in [1.82, 2.24) is 0 Å². The first-order valence-corrected chi connectivity index (χ1v) is 7.01. The fourth-order valence-electron chi connectivity index (χ4n) is 2.25. The van der Waals surface area contributed by atoms with Crippen LogP contribution in [0.3, 0.4) is 0 Å². The van der Waals surface area contributed by atoms with Crippen LogP contribution in [0.1, 0.15) is 30.5 Å². The van der Waals surface area contributed by atoms with Crippen molar-refractivity contribution in [2.45, 2.75) is 25.8 Å². The number of hydrogen-bond donors (Lipinski definition) is 3. The fraction of sp³-hybridized carbons (Fsp3) is 0.235. The molecule has 0 bridgehead atoms. The lowest BCUT2D eigenvalue weighted by Crippen LogP contribution is -2.13. The summed E-state index contributed by atoms with van der Waals surface area (Å²) in [6.07, 6.45) is 1.18. The molecule has 0 spiro atoms. The summed E-state index contributed by atoms with van der Waals surface area (Å²) in [5.41, 5.74) is 8.20. The number of amides is 1. The number of nitrogens with one attached hydrogen (secondary N) is 1.